The van der Waals surface area contributed by atoms with E-state index in [0.717, 1.165) is 9.56 Å². The molecule has 0 radical (unpaired) electrons. The van der Waals surface area contributed by atoms with Crippen LogP contribution in [0.25, 0.3) is 10.8 Å². The monoisotopic (exact) mass is 383 g/mol. The third-order valence-electron chi connectivity index (χ3n) is 3.09. The van der Waals surface area contributed by atoms with Gasteiger partial charge in [-0.05, 0) is 29.6 Å². The number of carbonyl (C=O) groups excluding carboxylic acids is 1. The van der Waals surface area contributed by atoms with Crippen LogP contribution in [0.5, 0.6) is 0 Å². The zero-order valence-corrected chi connectivity index (χ0v) is 14.5. The molecule has 3 aromatic rings. The van der Waals surface area contributed by atoms with Crippen molar-refractivity contribution in [3.05, 3.63) is 56.3 Å². The van der Waals surface area contributed by atoms with Crippen molar-refractivity contribution in [2.24, 2.45) is 0 Å². The lowest BCUT2D eigenvalue weighted by atomic mass is 10.3. The Kier molecular flexibility index (Phi) is 5.03. The van der Waals surface area contributed by atoms with Gasteiger partial charge < -0.3 is 9.73 Å². The first-order valence-corrected chi connectivity index (χ1v) is 8.53. The summed E-state index contributed by atoms with van der Waals surface area (Å²) in [4.78, 5) is 24.5. The van der Waals surface area contributed by atoms with Gasteiger partial charge in [-0.1, -0.05) is 29.3 Å². The molecule has 0 unspecified atom stereocenters. The van der Waals surface area contributed by atoms with E-state index in [-0.39, 0.29) is 24.8 Å². The number of aryl methyl sites for hydroxylation is 1. The number of benzene rings is 1. The predicted octanol–water partition coefficient (Wildman–Crippen LogP) is 3.90. The van der Waals surface area contributed by atoms with Gasteiger partial charge >= 0.3 is 5.76 Å². The molecule has 1 amide bonds. The van der Waals surface area contributed by atoms with E-state index >= 15 is 0 Å². The third-order valence-corrected chi connectivity index (χ3v) is 4.51. The lowest BCUT2D eigenvalue weighted by Crippen LogP contribution is -2.21. The van der Waals surface area contributed by atoms with Crippen molar-refractivity contribution in [2.75, 3.05) is 5.32 Å². The van der Waals surface area contributed by atoms with Crippen LogP contribution in [0.3, 0.4) is 0 Å². The summed E-state index contributed by atoms with van der Waals surface area (Å²) in [6, 6.07) is 8.41. The Morgan fingerprint density at radius 3 is 2.92 bits per heavy atom. The molecule has 1 aromatic carbocycles. The van der Waals surface area contributed by atoms with E-state index < -0.39 is 5.76 Å². The van der Waals surface area contributed by atoms with E-state index in [1.807, 2.05) is 11.4 Å². The number of rotatable bonds is 5. The molecule has 0 saturated heterocycles. The second kappa shape index (κ2) is 7.21. The molecule has 24 heavy (non-hydrogen) atoms. The number of hydrogen-bond donors (Lipinski definition) is 1. The summed E-state index contributed by atoms with van der Waals surface area (Å²) >= 11 is 13.3. The highest BCUT2D eigenvalue weighted by Gasteiger charge is 2.13. The van der Waals surface area contributed by atoms with Crippen LogP contribution in [0.1, 0.15) is 6.42 Å². The molecule has 0 saturated carbocycles. The molecule has 0 atom stereocenters. The molecule has 0 aliphatic carbocycles. The molecule has 1 N–H and O–H groups in total. The first-order chi connectivity index (χ1) is 11.5. The number of thiophene rings is 1. The molecule has 0 fully saturated rings. The van der Waals surface area contributed by atoms with Crippen molar-refractivity contribution >= 4 is 46.1 Å². The molecule has 0 bridgehead atoms. The Hall–Kier alpha value is -2.09. The Bertz CT molecular complexity index is 918. The highest BCUT2D eigenvalue weighted by Crippen LogP contribution is 2.25. The summed E-state index contributed by atoms with van der Waals surface area (Å²) in [5, 5.41) is 9.43. The van der Waals surface area contributed by atoms with Gasteiger partial charge in [0, 0.05) is 11.4 Å². The molecule has 3 rings (SSSR count). The minimum Gasteiger partial charge on any atom is -0.387 e. The minimum atomic E-state index is -0.605. The van der Waals surface area contributed by atoms with Crippen LogP contribution < -0.4 is 11.1 Å². The highest BCUT2D eigenvalue weighted by molar-refractivity contribution is 7.13. The number of aromatic nitrogens is 2. The molecule has 0 aliphatic heterocycles. The van der Waals surface area contributed by atoms with E-state index in [2.05, 4.69) is 10.4 Å². The van der Waals surface area contributed by atoms with Crippen molar-refractivity contribution in [2.45, 2.75) is 13.0 Å². The summed E-state index contributed by atoms with van der Waals surface area (Å²) in [6.07, 6.45) is 0.0408. The largest absolute Gasteiger partial charge is 0.437 e. The standard InChI is InChI=1S/C15H11Cl2N3O3S/c16-9-3-4-10(17)11(8-9)18-13(21)5-6-20-15(22)23-14(19-20)12-2-1-7-24-12/h1-4,7-8H,5-6H2,(H,18,21). The average molecular weight is 384 g/mol. The van der Waals surface area contributed by atoms with Crippen molar-refractivity contribution in [3.8, 4) is 10.8 Å². The number of amides is 1. The molecule has 6 nitrogen and oxygen atoms in total. The summed E-state index contributed by atoms with van der Waals surface area (Å²) < 4.78 is 6.20. The smallest absolute Gasteiger partial charge is 0.387 e. The van der Waals surface area contributed by atoms with Gasteiger partial charge in [0.1, 0.15) is 0 Å². The molecule has 0 spiro atoms. The van der Waals surface area contributed by atoms with Gasteiger partial charge in [0.05, 0.1) is 22.1 Å². The van der Waals surface area contributed by atoms with E-state index in [1.54, 1.807) is 24.3 Å². The van der Waals surface area contributed by atoms with Gasteiger partial charge in [0.2, 0.25) is 5.91 Å². The maximum Gasteiger partial charge on any atom is 0.437 e. The predicted molar refractivity (Wildman–Crippen MR) is 93.8 cm³/mol. The Balaban J connectivity index is 1.64. The minimum absolute atomic E-state index is 0.0408. The second-order valence-electron chi connectivity index (χ2n) is 4.80. The zero-order valence-electron chi connectivity index (χ0n) is 12.2. The van der Waals surface area contributed by atoms with E-state index in [1.165, 1.54) is 11.3 Å². The van der Waals surface area contributed by atoms with Crippen LogP contribution in [0.2, 0.25) is 10.0 Å². The van der Waals surface area contributed by atoms with Crippen LogP contribution in [0.4, 0.5) is 5.69 Å². The van der Waals surface area contributed by atoms with Gasteiger partial charge in [0.25, 0.3) is 5.89 Å². The maximum atomic E-state index is 12.0. The van der Waals surface area contributed by atoms with Crippen molar-refractivity contribution in [3.63, 3.8) is 0 Å². The maximum absolute atomic E-state index is 12.0. The molecule has 2 aromatic heterocycles. The Morgan fingerprint density at radius 2 is 2.17 bits per heavy atom. The van der Waals surface area contributed by atoms with E-state index in [4.69, 9.17) is 27.6 Å². The van der Waals surface area contributed by atoms with Gasteiger partial charge in [-0.25, -0.2) is 4.79 Å². The number of anilines is 1. The highest BCUT2D eigenvalue weighted by atomic mass is 35.5. The summed E-state index contributed by atoms with van der Waals surface area (Å²) in [5.74, 6) is -0.674. The third kappa shape index (κ3) is 3.87. The number of nitrogens with zero attached hydrogens (tertiary/aromatic N) is 2. The SMILES string of the molecule is O=C(CCn1nc(-c2cccs2)oc1=O)Nc1cc(Cl)ccc1Cl. The first-order valence-electron chi connectivity index (χ1n) is 6.89. The van der Waals surface area contributed by atoms with E-state index in [9.17, 15) is 9.59 Å². The average Bonchev–Trinajstić information content (AvgIpc) is 3.18. The van der Waals surface area contributed by atoms with Crippen LogP contribution in [-0.2, 0) is 11.3 Å². The van der Waals surface area contributed by atoms with Gasteiger partial charge in [-0.15, -0.1) is 16.4 Å². The van der Waals surface area contributed by atoms with Crippen molar-refractivity contribution in [1.29, 1.82) is 0 Å². The molecular formula is C15H11Cl2N3O3S. The first kappa shape index (κ1) is 16.8. The molecule has 9 heteroatoms. The number of nitrogens with one attached hydrogen (secondary N) is 1. The fraction of sp³-hybridized carbons (Fsp3) is 0.133. The molecular weight excluding hydrogens is 373 g/mol. The van der Waals surface area contributed by atoms with Crippen molar-refractivity contribution < 1.29 is 9.21 Å². The van der Waals surface area contributed by atoms with Crippen LogP contribution in [0, 0.1) is 0 Å². The van der Waals surface area contributed by atoms with Crippen LogP contribution in [0.15, 0.2) is 44.9 Å². The number of halogens is 2. The Morgan fingerprint density at radius 1 is 1.33 bits per heavy atom. The lowest BCUT2D eigenvalue weighted by molar-refractivity contribution is -0.116. The van der Waals surface area contributed by atoms with Gasteiger partial charge in [0.15, 0.2) is 0 Å². The second-order valence-corrected chi connectivity index (χ2v) is 6.59. The number of hydrogen-bond acceptors (Lipinski definition) is 5. The number of carbonyl (C=O) groups is 1. The van der Waals surface area contributed by atoms with E-state index in [0.29, 0.717) is 15.7 Å². The van der Waals surface area contributed by atoms with Crippen LogP contribution >= 0.6 is 34.5 Å². The zero-order chi connectivity index (χ0) is 17.1. The summed E-state index contributed by atoms with van der Waals surface area (Å²) in [5.41, 5.74) is 0.418. The quantitative estimate of drug-likeness (QED) is 0.724. The summed E-state index contributed by atoms with van der Waals surface area (Å²) in [7, 11) is 0. The fourth-order valence-corrected chi connectivity index (χ4v) is 2.94. The van der Waals surface area contributed by atoms with Gasteiger partial charge in [-0.3, -0.25) is 4.79 Å². The molecule has 124 valence electrons. The van der Waals surface area contributed by atoms with Gasteiger partial charge in [-0.2, -0.15) is 4.68 Å². The fourth-order valence-electron chi connectivity index (χ4n) is 1.96. The summed E-state index contributed by atoms with van der Waals surface area (Å²) in [6.45, 7) is 0.0950. The Labute approximate surface area is 150 Å². The van der Waals surface area contributed by atoms with Crippen LogP contribution in [-0.4, -0.2) is 15.7 Å². The normalized spacial score (nSPS) is 10.8. The molecule has 2 heterocycles. The molecule has 0 aliphatic rings. The lowest BCUT2D eigenvalue weighted by Gasteiger charge is -2.07. The van der Waals surface area contributed by atoms with Crippen molar-refractivity contribution in [1.82, 2.24) is 9.78 Å². The topological polar surface area (TPSA) is 77.1 Å².